The molecule has 0 saturated heterocycles. The van der Waals surface area contributed by atoms with Crippen LogP contribution in [0.15, 0.2) is 11.4 Å². The molecule has 0 fully saturated rings. The first-order chi connectivity index (χ1) is 8.71. The number of nitrogens with zero attached hydrogens (tertiary/aromatic N) is 3. The number of thiophene rings is 1. The van der Waals surface area contributed by atoms with Gasteiger partial charge in [-0.05, 0) is 24.3 Å². The summed E-state index contributed by atoms with van der Waals surface area (Å²) in [7, 11) is 3.98. The van der Waals surface area contributed by atoms with Gasteiger partial charge >= 0.3 is 0 Å². The molecule has 2 aromatic heterocycles. The van der Waals surface area contributed by atoms with Crippen molar-refractivity contribution in [2.45, 2.75) is 32.7 Å². The zero-order chi connectivity index (χ0) is 13.1. The summed E-state index contributed by atoms with van der Waals surface area (Å²) in [5.74, 6) is 1.72. The molecule has 0 radical (unpaired) electrons. The predicted molar refractivity (Wildman–Crippen MR) is 79.7 cm³/mol. The van der Waals surface area contributed by atoms with Gasteiger partial charge in [-0.1, -0.05) is 13.8 Å². The Labute approximate surface area is 112 Å². The van der Waals surface area contributed by atoms with Gasteiger partial charge in [0.15, 0.2) is 0 Å². The number of hydrogen-bond donors (Lipinski definition) is 1. The topological polar surface area (TPSA) is 41.1 Å². The third kappa shape index (κ3) is 2.27. The Bertz CT molecular complexity index is 519. The highest BCUT2D eigenvalue weighted by Crippen LogP contribution is 2.30. The van der Waals surface area contributed by atoms with Crippen molar-refractivity contribution in [1.29, 1.82) is 0 Å². The highest BCUT2D eigenvalue weighted by Gasteiger charge is 2.17. The fourth-order valence-corrected chi connectivity index (χ4v) is 2.99. The van der Waals surface area contributed by atoms with E-state index in [4.69, 9.17) is 0 Å². The van der Waals surface area contributed by atoms with Crippen LogP contribution in [0.4, 0.5) is 11.8 Å². The Morgan fingerprint density at radius 1 is 1.33 bits per heavy atom. The molecule has 0 bridgehead atoms. The molecule has 2 rings (SSSR count). The Morgan fingerprint density at radius 3 is 2.67 bits per heavy atom. The van der Waals surface area contributed by atoms with Crippen LogP contribution in [0.5, 0.6) is 0 Å². The maximum Gasteiger partial charge on any atom is 0.225 e. The third-order valence-electron chi connectivity index (χ3n) is 3.35. The van der Waals surface area contributed by atoms with E-state index in [1.807, 2.05) is 7.05 Å². The number of hydrogen-bond acceptors (Lipinski definition) is 5. The minimum absolute atomic E-state index is 0.521. The van der Waals surface area contributed by atoms with Gasteiger partial charge in [0.1, 0.15) is 10.6 Å². The lowest BCUT2D eigenvalue weighted by molar-refractivity contribution is 0.588. The van der Waals surface area contributed by atoms with Gasteiger partial charge in [-0.25, -0.2) is 4.98 Å². The van der Waals surface area contributed by atoms with Crippen molar-refractivity contribution in [3.8, 4) is 0 Å². The van der Waals surface area contributed by atoms with Gasteiger partial charge in [-0.2, -0.15) is 4.98 Å². The lowest BCUT2D eigenvalue weighted by atomic mass is 10.1. The number of nitrogens with one attached hydrogen (secondary N) is 1. The van der Waals surface area contributed by atoms with Gasteiger partial charge in [0, 0.05) is 20.1 Å². The minimum atomic E-state index is 0.521. The molecule has 0 aliphatic carbocycles. The molecule has 0 atom stereocenters. The summed E-state index contributed by atoms with van der Waals surface area (Å²) < 4.78 is 0. The van der Waals surface area contributed by atoms with Crippen molar-refractivity contribution >= 4 is 33.3 Å². The first-order valence-corrected chi connectivity index (χ1v) is 7.25. The van der Waals surface area contributed by atoms with Crippen LogP contribution in [0.1, 0.15) is 26.7 Å². The van der Waals surface area contributed by atoms with E-state index in [0.29, 0.717) is 12.0 Å². The average molecular weight is 264 g/mol. The highest BCUT2D eigenvalue weighted by atomic mass is 32.1. The first kappa shape index (κ1) is 13.1. The number of fused-ring (bicyclic) bond motifs is 1. The molecule has 0 aliphatic heterocycles. The summed E-state index contributed by atoms with van der Waals surface area (Å²) in [5.41, 5.74) is 0. The smallest absolute Gasteiger partial charge is 0.225 e. The Kier molecular flexibility index (Phi) is 4.01. The molecule has 18 heavy (non-hydrogen) atoms. The second-order valence-corrected chi connectivity index (χ2v) is 5.24. The molecule has 4 nitrogen and oxygen atoms in total. The first-order valence-electron chi connectivity index (χ1n) is 6.37. The summed E-state index contributed by atoms with van der Waals surface area (Å²) in [6, 6.07) is 2.63. The summed E-state index contributed by atoms with van der Waals surface area (Å²) in [5, 5.41) is 6.26. The summed E-state index contributed by atoms with van der Waals surface area (Å²) in [4.78, 5) is 12.4. The molecule has 0 spiro atoms. The van der Waals surface area contributed by atoms with Gasteiger partial charge in [-0.15, -0.1) is 11.3 Å². The SMILES string of the molecule is CCC(CC)N(C)c1nc(NC)nc2sccc12. The second kappa shape index (κ2) is 5.52. The van der Waals surface area contributed by atoms with E-state index in [1.165, 1.54) is 0 Å². The molecule has 0 aliphatic rings. The van der Waals surface area contributed by atoms with Gasteiger partial charge in [-0.3, -0.25) is 0 Å². The van der Waals surface area contributed by atoms with Gasteiger partial charge < -0.3 is 10.2 Å². The molecule has 5 heteroatoms. The molecule has 2 heterocycles. The second-order valence-electron chi connectivity index (χ2n) is 4.34. The maximum atomic E-state index is 4.62. The van der Waals surface area contributed by atoms with Crippen molar-refractivity contribution in [2.24, 2.45) is 0 Å². The molecule has 0 aromatic carbocycles. The summed E-state index contributed by atoms with van der Waals surface area (Å²) in [6.45, 7) is 4.44. The third-order valence-corrected chi connectivity index (χ3v) is 4.16. The molecular weight excluding hydrogens is 244 g/mol. The lowest BCUT2D eigenvalue weighted by Crippen LogP contribution is -2.31. The van der Waals surface area contributed by atoms with Crippen LogP contribution in [0.25, 0.3) is 10.2 Å². The summed E-state index contributed by atoms with van der Waals surface area (Å²) in [6.07, 6.45) is 2.25. The van der Waals surface area contributed by atoms with Gasteiger partial charge in [0.25, 0.3) is 0 Å². The van der Waals surface area contributed by atoms with Crippen molar-refractivity contribution in [3.05, 3.63) is 11.4 Å². The van der Waals surface area contributed by atoms with Crippen LogP contribution in [0, 0.1) is 0 Å². The van der Waals surface area contributed by atoms with E-state index in [9.17, 15) is 0 Å². The van der Waals surface area contributed by atoms with E-state index in [0.717, 1.165) is 28.9 Å². The van der Waals surface area contributed by atoms with E-state index in [2.05, 4.69) is 52.5 Å². The molecule has 0 saturated carbocycles. The van der Waals surface area contributed by atoms with Crippen molar-refractivity contribution in [3.63, 3.8) is 0 Å². The van der Waals surface area contributed by atoms with Crippen LogP contribution in [-0.4, -0.2) is 30.1 Å². The predicted octanol–water partition coefficient (Wildman–Crippen LogP) is 3.36. The lowest BCUT2D eigenvalue weighted by Gasteiger charge is -2.28. The molecule has 2 aromatic rings. The van der Waals surface area contributed by atoms with E-state index >= 15 is 0 Å². The van der Waals surface area contributed by atoms with Crippen LogP contribution in [0.3, 0.4) is 0 Å². The van der Waals surface area contributed by atoms with Crippen LogP contribution in [0.2, 0.25) is 0 Å². The van der Waals surface area contributed by atoms with Gasteiger partial charge in [0.2, 0.25) is 5.95 Å². The Morgan fingerprint density at radius 2 is 2.06 bits per heavy atom. The van der Waals surface area contributed by atoms with E-state index in [1.54, 1.807) is 11.3 Å². The molecule has 1 N–H and O–H groups in total. The zero-order valence-corrected chi connectivity index (χ0v) is 12.2. The monoisotopic (exact) mass is 264 g/mol. The van der Waals surface area contributed by atoms with Crippen LogP contribution >= 0.6 is 11.3 Å². The minimum Gasteiger partial charge on any atom is -0.357 e. The number of anilines is 2. The Balaban J connectivity index is 2.50. The van der Waals surface area contributed by atoms with Crippen molar-refractivity contribution < 1.29 is 0 Å². The van der Waals surface area contributed by atoms with E-state index in [-0.39, 0.29) is 0 Å². The fraction of sp³-hybridized carbons (Fsp3) is 0.538. The average Bonchev–Trinajstić information content (AvgIpc) is 2.86. The van der Waals surface area contributed by atoms with Crippen molar-refractivity contribution in [1.82, 2.24) is 9.97 Å². The normalized spacial score (nSPS) is 11.2. The molecule has 98 valence electrons. The number of aromatic nitrogens is 2. The van der Waals surface area contributed by atoms with Crippen LogP contribution < -0.4 is 10.2 Å². The van der Waals surface area contributed by atoms with E-state index < -0.39 is 0 Å². The zero-order valence-electron chi connectivity index (χ0n) is 11.4. The van der Waals surface area contributed by atoms with Gasteiger partial charge in [0.05, 0.1) is 5.39 Å². The van der Waals surface area contributed by atoms with Crippen LogP contribution in [-0.2, 0) is 0 Å². The maximum absolute atomic E-state index is 4.62. The fourth-order valence-electron chi connectivity index (χ4n) is 2.23. The Hall–Kier alpha value is -1.36. The standard InChI is InChI=1S/C13H20N4S/c1-5-9(6-2)17(4)11-10-7-8-18-12(10)16-13(14-3)15-11/h7-9H,5-6H2,1-4H3,(H,14,15,16). The molecule has 0 amide bonds. The molecule has 0 unspecified atom stereocenters. The molecular formula is C13H20N4S. The summed E-state index contributed by atoms with van der Waals surface area (Å²) >= 11 is 1.66. The quantitative estimate of drug-likeness (QED) is 0.899. The highest BCUT2D eigenvalue weighted by molar-refractivity contribution is 7.16. The van der Waals surface area contributed by atoms with Crippen molar-refractivity contribution in [2.75, 3.05) is 24.3 Å². The largest absolute Gasteiger partial charge is 0.357 e. The number of rotatable bonds is 5.